The molecule has 5 nitrogen and oxygen atoms in total. The molecule has 182 valence electrons. The number of methoxy groups -OCH3 is 1. The fraction of sp³-hybridized carbons (Fsp3) is 0.138. The van der Waals surface area contributed by atoms with Gasteiger partial charge < -0.3 is 14.8 Å². The highest BCUT2D eigenvalue weighted by molar-refractivity contribution is 6.31. The van der Waals surface area contributed by atoms with Crippen molar-refractivity contribution in [3.8, 4) is 11.5 Å². The summed E-state index contributed by atoms with van der Waals surface area (Å²) < 4.78 is 25.3. The fourth-order valence-electron chi connectivity index (χ4n) is 4.30. The van der Waals surface area contributed by atoms with Crippen LogP contribution in [0.3, 0.4) is 0 Å². The van der Waals surface area contributed by atoms with Crippen LogP contribution in [-0.4, -0.2) is 13.0 Å². The SMILES string of the molecule is COc1ccc(C2Nc3ccccc3C(=O)N2c2ccc(F)cc2)cc1COc1ccc(Cl)c(C)c1. The molecule has 0 spiro atoms. The Kier molecular flexibility index (Phi) is 6.53. The van der Waals surface area contributed by atoms with Gasteiger partial charge in [-0.15, -0.1) is 0 Å². The predicted octanol–water partition coefficient (Wildman–Crippen LogP) is 7.15. The molecule has 0 fully saturated rings. The number of nitrogens with one attached hydrogen (secondary N) is 1. The molecule has 1 aliphatic rings. The van der Waals surface area contributed by atoms with E-state index in [0.29, 0.717) is 27.8 Å². The van der Waals surface area contributed by atoms with Crippen molar-refractivity contribution in [3.63, 3.8) is 0 Å². The second kappa shape index (κ2) is 9.91. The Morgan fingerprint density at radius 2 is 1.78 bits per heavy atom. The van der Waals surface area contributed by atoms with Crippen molar-refractivity contribution in [2.24, 2.45) is 0 Å². The van der Waals surface area contributed by atoms with E-state index in [4.69, 9.17) is 21.1 Å². The van der Waals surface area contributed by atoms with Crippen molar-refractivity contribution in [2.75, 3.05) is 17.3 Å². The summed E-state index contributed by atoms with van der Waals surface area (Å²) in [5.74, 6) is 0.818. The Hall–Kier alpha value is -4.03. The average Bonchev–Trinajstić information content (AvgIpc) is 2.90. The van der Waals surface area contributed by atoms with Crippen LogP contribution in [-0.2, 0) is 6.61 Å². The summed E-state index contributed by atoms with van der Waals surface area (Å²) in [6.45, 7) is 2.18. The van der Waals surface area contributed by atoms with E-state index in [0.717, 1.165) is 22.4 Å². The largest absolute Gasteiger partial charge is 0.496 e. The minimum Gasteiger partial charge on any atom is -0.496 e. The number of benzene rings is 4. The van der Waals surface area contributed by atoms with E-state index >= 15 is 0 Å². The number of halogens is 2. The topological polar surface area (TPSA) is 50.8 Å². The Bertz CT molecular complexity index is 1420. The minimum absolute atomic E-state index is 0.175. The summed E-state index contributed by atoms with van der Waals surface area (Å²) in [6.07, 6.45) is -0.528. The maximum absolute atomic E-state index is 13.7. The van der Waals surface area contributed by atoms with Gasteiger partial charge in [0, 0.05) is 22.0 Å². The van der Waals surface area contributed by atoms with Crippen molar-refractivity contribution in [1.82, 2.24) is 0 Å². The highest BCUT2D eigenvalue weighted by Gasteiger charge is 2.34. The summed E-state index contributed by atoms with van der Waals surface area (Å²) >= 11 is 6.14. The Balaban J connectivity index is 1.52. The van der Waals surface area contributed by atoms with Crippen LogP contribution in [0.4, 0.5) is 15.8 Å². The van der Waals surface area contributed by atoms with Gasteiger partial charge in [0.05, 0.1) is 12.7 Å². The lowest BCUT2D eigenvalue weighted by Gasteiger charge is -2.38. The second-order valence-corrected chi connectivity index (χ2v) is 8.92. The molecule has 1 unspecified atom stereocenters. The molecule has 1 aliphatic heterocycles. The van der Waals surface area contributed by atoms with Gasteiger partial charge >= 0.3 is 0 Å². The smallest absolute Gasteiger partial charge is 0.262 e. The van der Waals surface area contributed by atoms with Gasteiger partial charge in [-0.1, -0.05) is 29.8 Å². The zero-order valence-corrected chi connectivity index (χ0v) is 20.6. The normalized spacial score (nSPS) is 14.7. The van der Waals surface area contributed by atoms with E-state index in [1.165, 1.54) is 12.1 Å². The number of ether oxygens (including phenoxy) is 2. The number of carbonyl (C=O) groups is 1. The maximum Gasteiger partial charge on any atom is 0.262 e. The Morgan fingerprint density at radius 1 is 1.00 bits per heavy atom. The highest BCUT2D eigenvalue weighted by atomic mass is 35.5. The number of nitrogens with zero attached hydrogens (tertiary/aromatic N) is 1. The molecule has 0 aliphatic carbocycles. The molecule has 4 aromatic carbocycles. The molecule has 0 aromatic heterocycles. The van der Waals surface area contributed by atoms with Gasteiger partial charge in [0.15, 0.2) is 0 Å². The molecule has 5 rings (SSSR count). The van der Waals surface area contributed by atoms with Gasteiger partial charge in [0.1, 0.15) is 30.1 Å². The lowest BCUT2D eigenvalue weighted by atomic mass is 10.0. The first kappa shape index (κ1) is 23.7. The van der Waals surface area contributed by atoms with E-state index < -0.39 is 6.17 Å². The lowest BCUT2D eigenvalue weighted by Crippen LogP contribution is -2.43. The van der Waals surface area contributed by atoms with E-state index in [9.17, 15) is 9.18 Å². The van der Waals surface area contributed by atoms with Crippen molar-refractivity contribution in [3.05, 3.63) is 118 Å². The molecule has 1 heterocycles. The molecular formula is C29H24ClFN2O3. The van der Waals surface area contributed by atoms with E-state index in [1.54, 1.807) is 36.3 Å². The third kappa shape index (κ3) is 4.60. The van der Waals surface area contributed by atoms with Gasteiger partial charge in [0.2, 0.25) is 0 Å². The number of aryl methyl sites for hydroxylation is 1. The van der Waals surface area contributed by atoms with Gasteiger partial charge in [-0.25, -0.2) is 4.39 Å². The zero-order chi connectivity index (χ0) is 25.2. The summed E-state index contributed by atoms with van der Waals surface area (Å²) in [5, 5.41) is 4.15. The van der Waals surface area contributed by atoms with Crippen molar-refractivity contribution in [1.29, 1.82) is 0 Å². The molecular weight excluding hydrogens is 479 g/mol. The number of amides is 1. The highest BCUT2D eigenvalue weighted by Crippen LogP contribution is 2.38. The monoisotopic (exact) mass is 502 g/mol. The van der Waals surface area contributed by atoms with E-state index in [1.807, 2.05) is 55.5 Å². The molecule has 0 radical (unpaired) electrons. The first-order valence-electron chi connectivity index (χ1n) is 11.4. The van der Waals surface area contributed by atoms with Crippen LogP contribution in [0.5, 0.6) is 11.5 Å². The van der Waals surface area contributed by atoms with Crippen LogP contribution in [0, 0.1) is 12.7 Å². The number of fused-ring (bicyclic) bond motifs is 1. The third-order valence-electron chi connectivity index (χ3n) is 6.18. The average molecular weight is 503 g/mol. The number of hydrogen-bond donors (Lipinski definition) is 1. The van der Waals surface area contributed by atoms with Crippen molar-refractivity contribution >= 4 is 28.9 Å². The summed E-state index contributed by atoms with van der Waals surface area (Å²) in [6, 6.07) is 24.5. The van der Waals surface area contributed by atoms with Crippen LogP contribution in [0.15, 0.2) is 84.9 Å². The predicted molar refractivity (Wildman–Crippen MR) is 140 cm³/mol. The fourth-order valence-corrected chi connectivity index (χ4v) is 4.42. The Morgan fingerprint density at radius 3 is 2.53 bits per heavy atom. The maximum atomic E-state index is 13.7. The number of rotatable bonds is 6. The number of carbonyl (C=O) groups excluding carboxylic acids is 1. The van der Waals surface area contributed by atoms with Gasteiger partial charge in [-0.2, -0.15) is 0 Å². The molecule has 0 saturated carbocycles. The van der Waals surface area contributed by atoms with Crippen LogP contribution >= 0.6 is 11.6 Å². The standard InChI is InChI=1S/C29H24ClFN2O3/c1-18-15-23(12-13-25(18)30)36-17-20-16-19(7-14-27(20)35-2)28-32-26-6-4-3-5-24(26)29(34)33(28)22-10-8-21(31)9-11-22/h3-16,28,32H,17H2,1-2H3. The molecule has 0 saturated heterocycles. The van der Waals surface area contributed by atoms with E-state index in [2.05, 4.69) is 5.32 Å². The summed E-state index contributed by atoms with van der Waals surface area (Å²) in [5.41, 5.74) is 4.43. The minimum atomic E-state index is -0.528. The van der Waals surface area contributed by atoms with Gasteiger partial charge in [0.25, 0.3) is 5.91 Å². The zero-order valence-electron chi connectivity index (χ0n) is 19.8. The molecule has 4 aromatic rings. The summed E-state index contributed by atoms with van der Waals surface area (Å²) in [7, 11) is 1.61. The quantitative estimate of drug-likeness (QED) is 0.304. The molecule has 1 N–H and O–H groups in total. The van der Waals surface area contributed by atoms with Crippen molar-refractivity contribution < 1.29 is 18.7 Å². The number of anilines is 2. The van der Waals surface area contributed by atoms with Crippen LogP contribution in [0.25, 0.3) is 0 Å². The van der Waals surface area contributed by atoms with Gasteiger partial charge in [-0.05, 0) is 84.8 Å². The molecule has 1 atom stereocenters. The second-order valence-electron chi connectivity index (χ2n) is 8.51. The summed E-state index contributed by atoms with van der Waals surface area (Å²) in [4.78, 5) is 15.2. The van der Waals surface area contributed by atoms with Gasteiger partial charge in [-0.3, -0.25) is 9.69 Å². The molecule has 0 bridgehead atoms. The first-order chi connectivity index (χ1) is 17.4. The molecule has 36 heavy (non-hydrogen) atoms. The molecule has 7 heteroatoms. The Labute approximate surface area is 214 Å². The lowest BCUT2D eigenvalue weighted by molar-refractivity contribution is 0.0975. The first-order valence-corrected chi connectivity index (χ1v) is 11.8. The van der Waals surface area contributed by atoms with Crippen LogP contribution < -0.4 is 19.7 Å². The number of para-hydroxylation sites is 1. The van der Waals surface area contributed by atoms with Crippen LogP contribution in [0.1, 0.15) is 33.2 Å². The van der Waals surface area contributed by atoms with Crippen molar-refractivity contribution in [2.45, 2.75) is 19.7 Å². The molecule has 1 amide bonds. The van der Waals surface area contributed by atoms with E-state index in [-0.39, 0.29) is 18.3 Å². The third-order valence-corrected chi connectivity index (χ3v) is 6.60. The van der Waals surface area contributed by atoms with Crippen LogP contribution in [0.2, 0.25) is 5.02 Å². The number of hydrogen-bond acceptors (Lipinski definition) is 4.